The monoisotopic (exact) mass is 710 g/mol. The molecule has 256 valence electrons. The van der Waals surface area contributed by atoms with E-state index in [1.165, 1.54) is 4.74 Å². The third kappa shape index (κ3) is 4.03. The maximum atomic E-state index is 15.0. The van der Waals surface area contributed by atoms with Crippen molar-refractivity contribution in [3.8, 4) is 0 Å². The van der Waals surface area contributed by atoms with Gasteiger partial charge in [-0.3, -0.25) is 14.2 Å². The minimum Gasteiger partial charge on any atom is -0.288 e. The number of rotatable bonds is 10. The van der Waals surface area contributed by atoms with E-state index >= 15 is 0 Å². The minimum atomic E-state index is -9.29. The van der Waals surface area contributed by atoms with E-state index in [1.54, 1.807) is 0 Å². The smallest absolute Gasteiger partial charge is 0.288 e. The van der Waals surface area contributed by atoms with Gasteiger partial charge in [0.05, 0.1) is 0 Å². The van der Waals surface area contributed by atoms with Crippen LogP contribution in [0.15, 0.2) is 0 Å². The molecule has 0 amide bonds. The Morgan fingerprint density at radius 3 is 0.651 bits per heavy atom. The summed E-state index contributed by atoms with van der Waals surface area (Å²) in [6.45, 7) is 0. The van der Waals surface area contributed by atoms with Crippen LogP contribution >= 0.6 is 0 Å². The van der Waals surface area contributed by atoms with Crippen molar-refractivity contribution in [1.29, 1.82) is 0 Å². The third-order valence-electron chi connectivity index (χ3n) is 5.41. The van der Waals surface area contributed by atoms with Crippen molar-refractivity contribution in [3.05, 3.63) is 0 Å². The molecule has 43 heavy (non-hydrogen) atoms. The van der Waals surface area contributed by atoms with Gasteiger partial charge >= 0.3 is 83.5 Å². The first kappa shape index (κ1) is 37.2. The molecule has 2 aliphatic rings. The molecule has 0 aromatic carbocycles. The first-order valence-corrected chi connectivity index (χ1v) is 9.14. The molecule has 0 aromatic heterocycles. The largest absolute Gasteiger partial charge is 0.460 e. The molecule has 2 aliphatic heterocycles. The maximum absolute atomic E-state index is 15.0. The van der Waals surface area contributed by atoms with Gasteiger partial charge in [-0.1, -0.05) is 0 Å². The zero-order valence-electron chi connectivity index (χ0n) is 18.1. The van der Waals surface area contributed by atoms with Crippen molar-refractivity contribution in [3.63, 3.8) is 0 Å². The summed E-state index contributed by atoms with van der Waals surface area (Å²) in [5.74, 6) is -87.4. The fraction of sp³-hybridized carbons (Fsp3) is 1.00. The van der Waals surface area contributed by atoms with E-state index in [0.29, 0.717) is 0 Å². The standard InChI is InChI=1S/C14F26O3/c15-1(16,5(23,24)11(31,32)33)3(19,20)7(27,9(29)13(37,38)42-9)41-8(28,10(30)14(39,40)43-10)4(21,22)2(17,18)6(25,26)12(34,35)36. The van der Waals surface area contributed by atoms with Gasteiger partial charge in [0.1, 0.15) is 0 Å². The Bertz CT molecular complexity index is 1040. The van der Waals surface area contributed by atoms with Crippen LogP contribution in [-0.2, 0) is 14.2 Å². The average Bonchev–Trinajstić information content (AvgIpc) is 3.50. The molecule has 4 unspecified atom stereocenters. The van der Waals surface area contributed by atoms with Crippen molar-refractivity contribution < 1.29 is 128 Å². The summed E-state index contributed by atoms with van der Waals surface area (Å²) in [4.78, 5) is 0. The highest BCUT2D eigenvalue weighted by Crippen LogP contribution is 2.74. The summed E-state index contributed by atoms with van der Waals surface area (Å²) < 4.78 is 354. The summed E-state index contributed by atoms with van der Waals surface area (Å²) in [6.07, 6.45) is -30.4. The summed E-state index contributed by atoms with van der Waals surface area (Å²) in [6, 6.07) is 0. The minimum absolute atomic E-state index is 1.31. The molecule has 0 spiro atoms. The van der Waals surface area contributed by atoms with Crippen LogP contribution in [0.3, 0.4) is 0 Å². The van der Waals surface area contributed by atoms with Gasteiger partial charge in [0.25, 0.3) is 0 Å². The molecule has 0 aromatic rings. The molecule has 0 saturated carbocycles. The summed E-state index contributed by atoms with van der Waals surface area (Å²) in [5.41, 5.74) is 0. The van der Waals surface area contributed by atoms with E-state index in [-0.39, 0.29) is 0 Å². The zero-order chi connectivity index (χ0) is 35.1. The van der Waals surface area contributed by atoms with Crippen LogP contribution in [-0.4, -0.2) is 83.5 Å². The lowest BCUT2D eigenvalue weighted by molar-refractivity contribution is -0.508. The number of epoxide rings is 2. The van der Waals surface area contributed by atoms with E-state index < -0.39 is 83.5 Å². The van der Waals surface area contributed by atoms with Crippen LogP contribution in [0.25, 0.3) is 0 Å². The molecule has 0 radical (unpaired) electrons. The third-order valence-corrected chi connectivity index (χ3v) is 5.41. The van der Waals surface area contributed by atoms with Gasteiger partial charge in [0, 0.05) is 0 Å². The van der Waals surface area contributed by atoms with Crippen LogP contribution in [0.2, 0.25) is 0 Å². The maximum Gasteiger partial charge on any atom is 0.460 e. The van der Waals surface area contributed by atoms with E-state index in [4.69, 9.17) is 0 Å². The lowest BCUT2D eigenvalue weighted by Crippen LogP contribution is -2.77. The first-order chi connectivity index (χ1) is 18.1. The summed E-state index contributed by atoms with van der Waals surface area (Å²) >= 11 is 0. The Hall–Kier alpha value is -1.94. The molecular weight excluding hydrogens is 710 g/mol. The molecule has 2 saturated heterocycles. The van der Waals surface area contributed by atoms with Gasteiger partial charge in [-0.2, -0.15) is 114 Å². The zero-order valence-corrected chi connectivity index (χ0v) is 18.1. The predicted octanol–water partition coefficient (Wildman–Crippen LogP) is 7.85. The molecule has 3 nitrogen and oxygen atoms in total. The number of alkyl halides is 26. The fourth-order valence-electron chi connectivity index (χ4n) is 2.82. The molecule has 0 aliphatic carbocycles. The van der Waals surface area contributed by atoms with Crippen molar-refractivity contribution in [2.75, 3.05) is 0 Å². The van der Waals surface area contributed by atoms with Crippen molar-refractivity contribution in [2.45, 2.75) is 83.5 Å². The lowest BCUT2D eigenvalue weighted by Gasteiger charge is -2.46. The highest BCUT2D eigenvalue weighted by molar-refractivity contribution is 5.23. The number of hydrogen-bond acceptors (Lipinski definition) is 3. The van der Waals surface area contributed by atoms with Crippen LogP contribution in [0, 0.1) is 0 Å². The molecule has 4 atom stereocenters. The Morgan fingerprint density at radius 1 is 0.326 bits per heavy atom. The molecule has 2 rings (SSSR count). The average molecular weight is 710 g/mol. The fourth-order valence-corrected chi connectivity index (χ4v) is 2.82. The topological polar surface area (TPSA) is 34.3 Å². The molecule has 0 bridgehead atoms. The SMILES string of the molecule is FC(F)(F)C(F)(F)C(F)(F)C(F)(F)C(F)(OC(F)(C(F)(F)C(F)(F)C(F)(F)C(F)(F)F)C1(F)OC1(F)F)C1(F)OC1(F)F. The Labute approximate surface area is 213 Å². The predicted molar refractivity (Wildman–Crippen MR) is 70.3 cm³/mol. The Kier molecular flexibility index (Phi) is 7.32. The van der Waals surface area contributed by atoms with Gasteiger partial charge in [-0.05, 0) is 0 Å². The van der Waals surface area contributed by atoms with E-state index in [9.17, 15) is 114 Å². The van der Waals surface area contributed by atoms with E-state index in [1.807, 2.05) is 9.47 Å². The number of halogens is 26. The van der Waals surface area contributed by atoms with Gasteiger partial charge in [0.2, 0.25) is 0 Å². The normalized spacial score (nSPS) is 30.0. The van der Waals surface area contributed by atoms with Crippen molar-refractivity contribution in [1.82, 2.24) is 0 Å². The number of hydrogen-bond donors (Lipinski definition) is 0. The van der Waals surface area contributed by atoms with Crippen LogP contribution in [0.5, 0.6) is 0 Å². The number of ether oxygens (including phenoxy) is 3. The molecular formula is C14F26O3. The van der Waals surface area contributed by atoms with Crippen LogP contribution in [0.1, 0.15) is 0 Å². The van der Waals surface area contributed by atoms with Gasteiger partial charge in [-0.25, -0.2) is 0 Å². The second-order valence-electron chi connectivity index (χ2n) is 8.16. The van der Waals surface area contributed by atoms with Gasteiger partial charge in [0.15, 0.2) is 0 Å². The second kappa shape index (κ2) is 8.45. The lowest BCUT2D eigenvalue weighted by atomic mass is 9.90. The quantitative estimate of drug-likeness (QED) is 0.171. The first-order valence-electron chi connectivity index (χ1n) is 9.14. The Balaban J connectivity index is 3.04. The molecule has 2 fully saturated rings. The van der Waals surface area contributed by atoms with Gasteiger partial charge < -0.3 is 0 Å². The van der Waals surface area contributed by atoms with Crippen LogP contribution < -0.4 is 0 Å². The van der Waals surface area contributed by atoms with E-state index in [2.05, 4.69) is 0 Å². The molecule has 2 heterocycles. The highest BCUT2D eigenvalue weighted by atomic mass is 19.4. The van der Waals surface area contributed by atoms with Crippen molar-refractivity contribution in [2.24, 2.45) is 0 Å². The molecule has 29 heteroatoms. The van der Waals surface area contributed by atoms with Crippen molar-refractivity contribution >= 4 is 0 Å². The van der Waals surface area contributed by atoms with Crippen LogP contribution in [0.4, 0.5) is 114 Å². The highest BCUT2D eigenvalue weighted by Gasteiger charge is 3.05. The summed E-state index contributed by atoms with van der Waals surface area (Å²) in [5, 5.41) is 0. The van der Waals surface area contributed by atoms with E-state index in [0.717, 1.165) is 0 Å². The molecule has 0 N–H and O–H groups in total. The summed E-state index contributed by atoms with van der Waals surface area (Å²) in [7, 11) is 0. The van der Waals surface area contributed by atoms with Gasteiger partial charge in [-0.15, -0.1) is 0 Å². The Morgan fingerprint density at radius 2 is 0.512 bits per heavy atom. The second-order valence-corrected chi connectivity index (χ2v) is 8.16.